The number of benzene rings is 1. The van der Waals surface area contributed by atoms with Crippen LogP contribution in [0.1, 0.15) is 5.69 Å². The van der Waals surface area contributed by atoms with Gasteiger partial charge in [0, 0.05) is 11.5 Å². The third kappa shape index (κ3) is 1.08. The van der Waals surface area contributed by atoms with E-state index in [-0.39, 0.29) is 0 Å². The summed E-state index contributed by atoms with van der Waals surface area (Å²) >= 11 is 0. The molecule has 2 heterocycles. The van der Waals surface area contributed by atoms with Crippen LogP contribution in [0.2, 0.25) is 0 Å². The SMILES string of the molecule is Cc1cc2nc(N)c3ccccc3n2n1. The number of hydrogen-bond donors (Lipinski definition) is 1. The van der Waals surface area contributed by atoms with Gasteiger partial charge in [0.1, 0.15) is 5.82 Å². The first-order valence-corrected chi connectivity index (χ1v) is 4.76. The average molecular weight is 198 g/mol. The zero-order valence-electron chi connectivity index (χ0n) is 8.31. The quantitative estimate of drug-likeness (QED) is 0.599. The van der Waals surface area contributed by atoms with Crippen LogP contribution >= 0.6 is 0 Å². The lowest BCUT2D eigenvalue weighted by Crippen LogP contribution is -1.98. The number of anilines is 1. The number of nitrogens with zero attached hydrogens (tertiary/aromatic N) is 3. The molecule has 15 heavy (non-hydrogen) atoms. The summed E-state index contributed by atoms with van der Waals surface area (Å²) in [4.78, 5) is 4.30. The van der Waals surface area contributed by atoms with Gasteiger partial charge in [-0.3, -0.25) is 0 Å². The predicted molar refractivity (Wildman–Crippen MR) is 59.6 cm³/mol. The van der Waals surface area contributed by atoms with Crippen LogP contribution in [0.25, 0.3) is 16.6 Å². The van der Waals surface area contributed by atoms with Gasteiger partial charge in [-0.05, 0) is 19.1 Å². The van der Waals surface area contributed by atoms with E-state index in [0.717, 1.165) is 22.2 Å². The van der Waals surface area contributed by atoms with Crippen LogP contribution in [-0.4, -0.2) is 14.6 Å². The summed E-state index contributed by atoms with van der Waals surface area (Å²) in [5.74, 6) is 0.554. The van der Waals surface area contributed by atoms with Crippen molar-refractivity contribution in [3.63, 3.8) is 0 Å². The van der Waals surface area contributed by atoms with E-state index < -0.39 is 0 Å². The minimum Gasteiger partial charge on any atom is -0.383 e. The molecule has 0 aliphatic rings. The normalized spacial score (nSPS) is 11.3. The van der Waals surface area contributed by atoms with Crippen molar-refractivity contribution in [2.45, 2.75) is 6.92 Å². The fourth-order valence-electron chi connectivity index (χ4n) is 1.80. The Morgan fingerprint density at radius 2 is 2.07 bits per heavy atom. The second-order valence-electron chi connectivity index (χ2n) is 3.57. The number of para-hydroxylation sites is 1. The number of hydrogen-bond acceptors (Lipinski definition) is 3. The zero-order chi connectivity index (χ0) is 10.4. The van der Waals surface area contributed by atoms with Gasteiger partial charge < -0.3 is 5.73 Å². The van der Waals surface area contributed by atoms with Gasteiger partial charge >= 0.3 is 0 Å². The molecule has 4 heteroatoms. The molecule has 0 saturated carbocycles. The molecule has 0 radical (unpaired) electrons. The number of aryl methyl sites for hydroxylation is 1. The molecule has 0 amide bonds. The van der Waals surface area contributed by atoms with Crippen molar-refractivity contribution in [2.24, 2.45) is 0 Å². The zero-order valence-corrected chi connectivity index (χ0v) is 8.31. The Morgan fingerprint density at radius 1 is 1.27 bits per heavy atom. The van der Waals surface area contributed by atoms with Gasteiger partial charge in [0.05, 0.1) is 11.2 Å². The maximum Gasteiger partial charge on any atom is 0.158 e. The summed E-state index contributed by atoms with van der Waals surface area (Å²) in [5, 5.41) is 5.32. The minimum absolute atomic E-state index is 0.554. The number of aromatic nitrogens is 3. The summed E-state index contributed by atoms with van der Waals surface area (Å²) < 4.78 is 1.82. The molecule has 2 aromatic heterocycles. The Hall–Kier alpha value is -2.10. The summed E-state index contributed by atoms with van der Waals surface area (Å²) in [7, 11) is 0. The molecule has 3 aromatic rings. The van der Waals surface area contributed by atoms with Crippen LogP contribution in [0.3, 0.4) is 0 Å². The Morgan fingerprint density at radius 3 is 2.93 bits per heavy atom. The van der Waals surface area contributed by atoms with Gasteiger partial charge in [0.2, 0.25) is 0 Å². The van der Waals surface area contributed by atoms with Crippen molar-refractivity contribution in [3.05, 3.63) is 36.0 Å². The Balaban J connectivity index is 2.62. The van der Waals surface area contributed by atoms with Gasteiger partial charge in [0.25, 0.3) is 0 Å². The summed E-state index contributed by atoms with van der Waals surface area (Å²) in [6.07, 6.45) is 0. The van der Waals surface area contributed by atoms with Crippen LogP contribution in [-0.2, 0) is 0 Å². The molecule has 0 unspecified atom stereocenters. The van der Waals surface area contributed by atoms with Crippen LogP contribution in [0.4, 0.5) is 5.82 Å². The molecule has 2 N–H and O–H groups in total. The number of rotatable bonds is 0. The molecular formula is C11H10N4. The van der Waals surface area contributed by atoms with Gasteiger partial charge in [-0.15, -0.1) is 0 Å². The first kappa shape index (κ1) is 8.23. The van der Waals surface area contributed by atoms with Gasteiger partial charge in [-0.25, -0.2) is 9.50 Å². The highest BCUT2D eigenvalue weighted by atomic mass is 15.3. The van der Waals surface area contributed by atoms with Gasteiger partial charge in [-0.1, -0.05) is 12.1 Å². The second-order valence-corrected chi connectivity index (χ2v) is 3.57. The van der Waals surface area contributed by atoms with Crippen LogP contribution in [0.15, 0.2) is 30.3 Å². The maximum atomic E-state index is 5.88. The van der Waals surface area contributed by atoms with Crippen molar-refractivity contribution < 1.29 is 0 Å². The Bertz CT molecular complexity index is 654. The van der Waals surface area contributed by atoms with E-state index in [1.807, 2.05) is 41.8 Å². The lowest BCUT2D eigenvalue weighted by atomic mass is 10.2. The molecule has 1 aromatic carbocycles. The van der Waals surface area contributed by atoms with E-state index in [1.54, 1.807) is 0 Å². The van der Waals surface area contributed by atoms with Crippen molar-refractivity contribution >= 4 is 22.4 Å². The van der Waals surface area contributed by atoms with Crippen molar-refractivity contribution in [3.8, 4) is 0 Å². The highest BCUT2D eigenvalue weighted by Gasteiger charge is 2.06. The largest absolute Gasteiger partial charge is 0.383 e. The molecule has 0 bridgehead atoms. The Kier molecular flexibility index (Phi) is 1.48. The summed E-state index contributed by atoms with van der Waals surface area (Å²) in [6.45, 7) is 1.94. The Labute approximate surface area is 86.3 Å². The fourth-order valence-corrected chi connectivity index (χ4v) is 1.80. The lowest BCUT2D eigenvalue weighted by molar-refractivity contribution is 0.957. The monoisotopic (exact) mass is 198 g/mol. The maximum absolute atomic E-state index is 5.88. The molecule has 0 aliphatic heterocycles. The summed E-state index contributed by atoms with van der Waals surface area (Å²) in [5.41, 5.74) is 8.61. The third-order valence-corrected chi connectivity index (χ3v) is 2.46. The van der Waals surface area contributed by atoms with E-state index in [1.165, 1.54) is 0 Å². The topological polar surface area (TPSA) is 56.2 Å². The van der Waals surface area contributed by atoms with E-state index in [9.17, 15) is 0 Å². The molecule has 3 rings (SSSR count). The number of fused-ring (bicyclic) bond motifs is 3. The van der Waals surface area contributed by atoms with Crippen LogP contribution in [0.5, 0.6) is 0 Å². The van der Waals surface area contributed by atoms with Crippen LogP contribution < -0.4 is 5.73 Å². The van der Waals surface area contributed by atoms with Crippen molar-refractivity contribution in [1.82, 2.24) is 14.6 Å². The highest BCUT2D eigenvalue weighted by molar-refractivity contribution is 5.90. The molecule has 0 saturated heterocycles. The highest BCUT2D eigenvalue weighted by Crippen LogP contribution is 2.20. The average Bonchev–Trinajstić information content (AvgIpc) is 2.59. The molecule has 0 fully saturated rings. The minimum atomic E-state index is 0.554. The first-order chi connectivity index (χ1) is 7.25. The van der Waals surface area contributed by atoms with E-state index in [4.69, 9.17) is 5.73 Å². The van der Waals surface area contributed by atoms with Crippen molar-refractivity contribution in [1.29, 1.82) is 0 Å². The molecular weight excluding hydrogens is 188 g/mol. The fraction of sp³-hybridized carbons (Fsp3) is 0.0909. The second kappa shape index (κ2) is 2.70. The van der Waals surface area contributed by atoms with E-state index >= 15 is 0 Å². The van der Waals surface area contributed by atoms with E-state index in [2.05, 4.69) is 10.1 Å². The molecule has 0 atom stereocenters. The van der Waals surface area contributed by atoms with Gasteiger partial charge in [0.15, 0.2) is 5.65 Å². The third-order valence-electron chi connectivity index (χ3n) is 2.46. The molecule has 0 aliphatic carbocycles. The first-order valence-electron chi connectivity index (χ1n) is 4.76. The molecule has 4 nitrogen and oxygen atoms in total. The van der Waals surface area contributed by atoms with Gasteiger partial charge in [-0.2, -0.15) is 5.10 Å². The molecule has 0 spiro atoms. The smallest absolute Gasteiger partial charge is 0.158 e. The standard InChI is InChI=1S/C11H10N4/c1-7-6-10-13-11(12)8-4-2-3-5-9(8)15(10)14-7/h2-6H,1H3,(H2,12,13). The molecule has 74 valence electrons. The summed E-state index contributed by atoms with van der Waals surface area (Å²) in [6, 6.07) is 9.78. The number of nitrogens with two attached hydrogens (primary N) is 1. The lowest BCUT2D eigenvalue weighted by Gasteiger charge is -2.02. The predicted octanol–water partition coefficient (Wildman–Crippen LogP) is 1.77. The van der Waals surface area contributed by atoms with E-state index in [0.29, 0.717) is 5.82 Å². The van der Waals surface area contributed by atoms with Crippen LogP contribution in [0, 0.1) is 6.92 Å². The van der Waals surface area contributed by atoms with Crippen molar-refractivity contribution in [2.75, 3.05) is 5.73 Å². The number of nitrogen functional groups attached to an aromatic ring is 1.